The molecule has 0 aliphatic heterocycles. The first-order valence-corrected chi connectivity index (χ1v) is 11.2. The van der Waals surface area contributed by atoms with Crippen LogP contribution >= 0.6 is 0 Å². The SMILES string of the molecule is CC(C)CC(NC(=O)CNC(=O)[C@H](CCCCN)NCCCc1ccccc1)C(N)=O. The van der Waals surface area contributed by atoms with Gasteiger partial charge in [0.1, 0.15) is 6.04 Å². The summed E-state index contributed by atoms with van der Waals surface area (Å²) in [6.45, 7) is 4.97. The second-order valence-corrected chi connectivity index (χ2v) is 8.25. The molecule has 31 heavy (non-hydrogen) atoms. The molecular formula is C23H39N5O3. The number of carbonyl (C=O) groups excluding carboxylic acids is 3. The standard InChI is InChI=1S/C23H39N5O3/c1-17(2)15-20(22(25)30)28-21(29)16-27-23(31)19(12-6-7-13-24)26-14-8-11-18-9-4-3-5-10-18/h3-5,9-10,17,19-20,26H,6-8,11-16,24H2,1-2H3,(H2,25,30)(H,27,31)(H,28,29)/t19-,20?/m0/s1. The van der Waals surface area contributed by atoms with E-state index in [1.165, 1.54) is 5.56 Å². The van der Waals surface area contributed by atoms with Gasteiger partial charge in [0.05, 0.1) is 12.6 Å². The van der Waals surface area contributed by atoms with Crippen LogP contribution in [0, 0.1) is 5.92 Å². The van der Waals surface area contributed by atoms with E-state index < -0.39 is 23.9 Å². The van der Waals surface area contributed by atoms with Gasteiger partial charge >= 0.3 is 0 Å². The maximum atomic E-state index is 12.6. The van der Waals surface area contributed by atoms with Gasteiger partial charge in [0.25, 0.3) is 0 Å². The molecule has 8 nitrogen and oxygen atoms in total. The maximum absolute atomic E-state index is 12.6. The van der Waals surface area contributed by atoms with Crippen molar-refractivity contribution in [2.24, 2.45) is 17.4 Å². The molecule has 1 aromatic carbocycles. The van der Waals surface area contributed by atoms with Gasteiger partial charge in [-0.2, -0.15) is 0 Å². The number of nitrogens with one attached hydrogen (secondary N) is 3. The third-order valence-electron chi connectivity index (χ3n) is 4.95. The largest absolute Gasteiger partial charge is 0.368 e. The summed E-state index contributed by atoms with van der Waals surface area (Å²) in [6.07, 6.45) is 4.60. The van der Waals surface area contributed by atoms with Crippen LogP contribution in [0.3, 0.4) is 0 Å². The van der Waals surface area contributed by atoms with Crippen molar-refractivity contribution in [3.8, 4) is 0 Å². The van der Waals surface area contributed by atoms with E-state index in [0.717, 1.165) is 25.7 Å². The number of hydrogen-bond donors (Lipinski definition) is 5. The van der Waals surface area contributed by atoms with Gasteiger partial charge in [0.15, 0.2) is 0 Å². The van der Waals surface area contributed by atoms with Gasteiger partial charge < -0.3 is 27.4 Å². The van der Waals surface area contributed by atoms with Crippen molar-refractivity contribution in [3.63, 3.8) is 0 Å². The lowest BCUT2D eigenvalue weighted by Crippen LogP contribution is -2.51. The first kappa shape index (κ1) is 26.6. The summed E-state index contributed by atoms with van der Waals surface area (Å²) >= 11 is 0. The lowest BCUT2D eigenvalue weighted by Gasteiger charge is -2.20. The van der Waals surface area contributed by atoms with Crippen LogP contribution in [0.25, 0.3) is 0 Å². The smallest absolute Gasteiger partial charge is 0.240 e. The van der Waals surface area contributed by atoms with Crippen LogP contribution in [-0.4, -0.2) is 49.4 Å². The molecule has 0 radical (unpaired) electrons. The fourth-order valence-electron chi connectivity index (χ4n) is 3.29. The minimum Gasteiger partial charge on any atom is -0.368 e. The van der Waals surface area contributed by atoms with Gasteiger partial charge in [-0.1, -0.05) is 50.6 Å². The summed E-state index contributed by atoms with van der Waals surface area (Å²) in [6, 6.07) is 9.07. The van der Waals surface area contributed by atoms with Gasteiger partial charge in [0, 0.05) is 0 Å². The Balaban J connectivity index is 2.48. The molecule has 0 aromatic heterocycles. The van der Waals surface area contributed by atoms with E-state index in [0.29, 0.717) is 25.9 Å². The Bertz CT molecular complexity index is 666. The molecule has 0 aliphatic rings. The molecule has 1 aromatic rings. The van der Waals surface area contributed by atoms with E-state index in [1.807, 2.05) is 32.0 Å². The molecule has 0 fully saturated rings. The average Bonchev–Trinajstić information content (AvgIpc) is 2.73. The molecule has 0 aliphatic carbocycles. The average molecular weight is 434 g/mol. The van der Waals surface area contributed by atoms with Crippen molar-refractivity contribution >= 4 is 17.7 Å². The van der Waals surface area contributed by atoms with Crippen LogP contribution in [0.5, 0.6) is 0 Å². The summed E-state index contributed by atoms with van der Waals surface area (Å²) in [5, 5.41) is 8.57. The van der Waals surface area contributed by atoms with Crippen molar-refractivity contribution in [1.29, 1.82) is 0 Å². The Kier molecular flexibility index (Phi) is 13.2. The maximum Gasteiger partial charge on any atom is 0.240 e. The molecular weight excluding hydrogens is 394 g/mol. The van der Waals surface area contributed by atoms with Crippen LogP contribution in [0.1, 0.15) is 51.5 Å². The summed E-state index contributed by atoms with van der Waals surface area (Å²) in [7, 11) is 0. The van der Waals surface area contributed by atoms with Gasteiger partial charge in [0.2, 0.25) is 17.7 Å². The van der Waals surface area contributed by atoms with E-state index in [9.17, 15) is 14.4 Å². The molecule has 7 N–H and O–H groups in total. The van der Waals surface area contributed by atoms with Gasteiger partial charge in [-0.15, -0.1) is 0 Å². The van der Waals surface area contributed by atoms with E-state index in [4.69, 9.17) is 11.5 Å². The number of hydrogen-bond acceptors (Lipinski definition) is 5. The van der Waals surface area contributed by atoms with Gasteiger partial charge in [-0.3, -0.25) is 14.4 Å². The molecule has 1 rings (SSSR count). The van der Waals surface area contributed by atoms with Crippen molar-refractivity contribution in [2.75, 3.05) is 19.6 Å². The lowest BCUT2D eigenvalue weighted by molar-refractivity contribution is -0.129. The molecule has 3 amide bonds. The monoisotopic (exact) mass is 433 g/mol. The summed E-state index contributed by atoms with van der Waals surface area (Å²) < 4.78 is 0. The highest BCUT2D eigenvalue weighted by atomic mass is 16.2. The van der Waals surface area contributed by atoms with Crippen LogP contribution in [0.4, 0.5) is 0 Å². The number of rotatable bonds is 16. The number of aryl methyl sites for hydroxylation is 1. The molecule has 0 saturated carbocycles. The second-order valence-electron chi connectivity index (χ2n) is 8.25. The Morgan fingerprint density at radius 2 is 1.71 bits per heavy atom. The molecule has 0 saturated heterocycles. The minimum absolute atomic E-state index is 0.195. The first-order valence-electron chi connectivity index (χ1n) is 11.2. The Hall–Kier alpha value is -2.45. The normalized spacial score (nSPS) is 12.9. The van der Waals surface area contributed by atoms with Crippen LogP contribution in [0.2, 0.25) is 0 Å². The summed E-state index contributed by atoms with van der Waals surface area (Å²) in [5.74, 6) is -1.03. The molecule has 174 valence electrons. The number of benzene rings is 1. The van der Waals surface area contributed by atoms with Crippen molar-refractivity contribution in [2.45, 2.75) is 64.5 Å². The zero-order valence-electron chi connectivity index (χ0n) is 18.9. The van der Waals surface area contributed by atoms with E-state index in [2.05, 4.69) is 28.1 Å². The molecule has 0 spiro atoms. The molecule has 2 atom stereocenters. The Labute approximate surface area is 185 Å². The Morgan fingerprint density at radius 3 is 2.32 bits per heavy atom. The van der Waals surface area contributed by atoms with Gasteiger partial charge in [-0.05, 0) is 56.7 Å². The molecule has 1 unspecified atom stereocenters. The van der Waals surface area contributed by atoms with Crippen molar-refractivity contribution < 1.29 is 14.4 Å². The first-order chi connectivity index (χ1) is 14.8. The number of nitrogens with two attached hydrogens (primary N) is 2. The topological polar surface area (TPSA) is 139 Å². The molecule has 0 bridgehead atoms. The van der Waals surface area contributed by atoms with E-state index in [-0.39, 0.29) is 18.4 Å². The third kappa shape index (κ3) is 12.1. The highest BCUT2D eigenvalue weighted by molar-refractivity contribution is 5.90. The highest BCUT2D eigenvalue weighted by Gasteiger charge is 2.21. The van der Waals surface area contributed by atoms with Crippen LogP contribution < -0.4 is 27.4 Å². The fraction of sp³-hybridized carbons (Fsp3) is 0.609. The quantitative estimate of drug-likeness (QED) is 0.246. The lowest BCUT2D eigenvalue weighted by atomic mass is 10.0. The van der Waals surface area contributed by atoms with Crippen molar-refractivity contribution in [3.05, 3.63) is 35.9 Å². The summed E-state index contributed by atoms with van der Waals surface area (Å²) in [5.41, 5.74) is 12.2. The Morgan fingerprint density at radius 1 is 1.00 bits per heavy atom. The summed E-state index contributed by atoms with van der Waals surface area (Å²) in [4.78, 5) is 36.3. The number of unbranched alkanes of at least 4 members (excludes halogenated alkanes) is 1. The zero-order valence-corrected chi connectivity index (χ0v) is 18.9. The number of amides is 3. The second kappa shape index (κ2) is 15.4. The van der Waals surface area contributed by atoms with E-state index in [1.54, 1.807) is 0 Å². The zero-order chi connectivity index (χ0) is 23.1. The van der Waals surface area contributed by atoms with Crippen molar-refractivity contribution in [1.82, 2.24) is 16.0 Å². The highest BCUT2D eigenvalue weighted by Crippen LogP contribution is 2.05. The third-order valence-corrected chi connectivity index (χ3v) is 4.95. The van der Waals surface area contributed by atoms with E-state index >= 15 is 0 Å². The number of carbonyl (C=O) groups is 3. The van der Waals surface area contributed by atoms with Crippen LogP contribution in [-0.2, 0) is 20.8 Å². The molecule has 0 heterocycles. The van der Waals surface area contributed by atoms with Gasteiger partial charge in [-0.25, -0.2) is 0 Å². The predicted octanol–water partition coefficient (Wildman–Crippen LogP) is 0.839. The minimum atomic E-state index is -0.735. The number of primary amides is 1. The molecule has 8 heteroatoms. The fourth-order valence-corrected chi connectivity index (χ4v) is 3.29. The predicted molar refractivity (Wildman–Crippen MR) is 123 cm³/mol. The van der Waals surface area contributed by atoms with Crippen LogP contribution in [0.15, 0.2) is 30.3 Å².